The van der Waals surface area contributed by atoms with Crippen LogP contribution in [0, 0.1) is 0 Å². The van der Waals surface area contributed by atoms with Gasteiger partial charge in [-0.3, -0.25) is 4.79 Å². The number of aromatic nitrogens is 2. The van der Waals surface area contributed by atoms with E-state index < -0.39 is 0 Å². The first-order valence-electron chi connectivity index (χ1n) is 7.82. The Morgan fingerprint density at radius 1 is 1.35 bits per heavy atom. The van der Waals surface area contributed by atoms with Crippen LogP contribution in [0.4, 0.5) is 11.4 Å². The number of benzene rings is 1. The minimum atomic E-state index is -0.191. The summed E-state index contributed by atoms with van der Waals surface area (Å²) < 4.78 is 2.18. The maximum absolute atomic E-state index is 12.4. The maximum Gasteiger partial charge on any atom is 0.237 e. The standard InChI is InChI=1S/C17H22N4OS/c1-12(23-17-18-10-11-21(17)15-8-9-15)16(22)19-13-4-6-14(7-5-13)20(2)3/h4-7,10-12,15H,8-9H2,1-3H3,(H,19,22)/t12-/m1/s1. The predicted molar refractivity (Wildman–Crippen MR) is 95.2 cm³/mol. The van der Waals surface area contributed by atoms with Crippen LogP contribution in [0.25, 0.3) is 0 Å². The molecule has 2 aromatic rings. The van der Waals surface area contributed by atoms with Gasteiger partial charge < -0.3 is 14.8 Å². The van der Waals surface area contributed by atoms with Crippen LogP contribution in [0.3, 0.4) is 0 Å². The third-order valence-corrected chi connectivity index (χ3v) is 4.97. The first-order valence-corrected chi connectivity index (χ1v) is 8.70. The van der Waals surface area contributed by atoms with Crippen molar-refractivity contribution in [3.05, 3.63) is 36.7 Å². The molecule has 1 heterocycles. The Bertz CT molecular complexity index is 676. The predicted octanol–water partition coefficient (Wildman–Crippen LogP) is 3.40. The van der Waals surface area contributed by atoms with E-state index in [-0.39, 0.29) is 11.2 Å². The molecule has 1 N–H and O–H groups in total. The largest absolute Gasteiger partial charge is 0.378 e. The van der Waals surface area contributed by atoms with Gasteiger partial charge in [0.05, 0.1) is 5.25 Å². The van der Waals surface area contributed by atoms with Gasteiger partial charge >= 0.3 is 0 Å². The number of nitrogens with zero attached hydrogens (tertiary/aromatic N) is 3. The van der Waals surface area contributed by atoms with Crippen molar-refractivity contribution in [3.63, 3.8) is 0 Å². The first-order chi connectivity index (χ1) is 11.0. The number of amides is 1. The van der Waals surface area contributed by atoms with E-state index >= 15 is 0 Å². The molecule has 5 nitrogen and oxygen atoms in total. The number of hydrogen-bond donors (Lipinski definition) is 1. The highest BCUT2D eigenvalue weighted by atomic mass is 32.2. The SMILES string of the molecule is C[C@@H](Sc1nccn1C1CC1)C(=O)Nc1ccc(N(C)C)cc1. The van der Waals surface area contributed by atoms with E-state index in [1.807, 2.05) is 62.6 Å². The molecule has 0 aliphatic heterocycles. The molecule has 3 rings (SSSR count). The minimum absolute atomic E-state index is 0.00190. The summed E-state index contributed by atoms with van der Waals surface area (Å²) in [5.41, 5.74) is 1.93. The number of imidazole rings is 1. The van der Waals surface area contributed by atoms with Crippen LogP contribution in [0.5, 0.6) is 0 Å². The molecule has 1 atom stereocenters. The molecule has 1 aliphatic carbocycles. The fourth-order valence-electron chi connectivity index (χ4n) is 2.32. The molecule has 1 amide bonds. The lowest BCUT2D eigenvalue weighted by Crippen LogP contribution is -2.23. The summed E-state index contributed by atoms with van der Waals surface area (Å²) in [7, 11) is 3.99. The average Bonchev–Trinajstić information content (AvgIpc) is 3.27. The Labute approximate surface area is 141 Å². The third-order valence-electron chi connectivity index (χ3n) is 3.88. The van der Waals surface area contributed by atoms with Gasteiger partial charge in [-0.1, -0.05) is 11.8 Å². The Kier molecular flexibility index (Phi) is 4.61. The van der Waals surface area contributed by atoms with E-state index in [2.05, 4.69) is 14.9 Å². The van der Waals surface area contributed by atoms with E-state index in [9.17, 15) is 4.79 Å². The Balaban J connectivity index is 1.59. The van der Waals surface area contributed by atoms with E-state index in [4.69, 9.17) is 0 Å². The lowest BCUT2D eigenvalue weighted by molar-refractivity contribution is -0.115. The molecular formula is C17H22N4OS. The highest BCUT2D eigenvalue weighted by Crippen LogP contribution is 2.38. The molecule has 122 valence electrons. The zero-order valence-corrected chi connectivity index (χ0v) is 14.5. The summed E-state index contributed by atoms with van der Waals surface area (Å²) in [6.45, 7) is 1.92. The van der Waals surface area contributed by atoms with Crippen LogP contribution in [-0.2, 0) is 4.79 Å². The van der Waals surface area contributed by atoms with Gasteiger partial charge in [-0.25, -0.2) is 4.98 Å². The number of carbonyl (C=O) groups excluding carboxylic acids is 1. The number of rotatable bonds is 6. The summed E-state index contributed by atoms with van der Waals surface area (Å²) in [5, 5.41) is 3.71. The summed E-state index contributed by atoms with van der Waals surface area (Å²) in [4.78, 5) is 18.8. The van der Waals surface area contributed by atoms with E-state index in [1.165, 1.54) is 24.6 Å². The Morgan fingerprint density at radius 2 is 2.04 bits per heavy atom. The first kappa shape index (κ1) is 15.9. The van der Waals surface area contributed by atoms with E-state index in [0.29, 0.717) is 6.04 Å². The second-order valence-electron chi connectivity index (χ2n) is 6.04. The number of hydrogen-bond acceptors (Lipinski definition) is 4. The third kappa shape index (κ3) is 3.88. The zero-order valence-electron chi connectivity index (χ0n) is 13.7. The fourth-order valence-corrected chi connectivity index (χ4v) is 3.26. The molecule has 0 unspecified atom stereocenters. The molecule has 0 radical (unpaired) electrons. The molecule has 1 aromatic carbocycles. The molecule has 1 fully saturated rings. The van der Waals surface area contributed by atoms with Crippen LogP contribution < -0.4 is 10.2 Å². The molecule has 0 spiro atoms. The van der Waals surface area contributed by atoms with Gasteiger partial charge in [-0.15, -0.1) is 0 Å². The van der Waals surface area contributed by atoms with Gasteiger partial charge in [0.15, 0.2) is 5.16 Å². The number of anilines is 2. The summed E-state index contributed by atoms with van der Waals surface area (Å²) in [6, 6.07) is 8.42. The smallest absolute Gasteiger partial charge is 0.237 e. The highest BCUT2D eigenvalue weighted by Gasteiger charge is 2.27. The van der Waals surface area contributed by atoms with Gasteiger partial charge in [-0.05, 0) is 44.0 Å². The van der Waals surface area contributed by atoms with Crippen LogP contribution in [0.2, 0.25) is 0 Å². The van der Waals surface area contributed by atoms with E-state index in [0.717, 1.165) is 16.5 Å². The summed E-state index contributed by atoms with van der Waals surface area (Å²) in [5.74, 6) is -0.00190. The van der Waals surface area contributed by atoms with Crippen molar-refractivity contribution in [1.82, 2.24) is 9.55 Å². The van der Waals surface area contributed by atoms with E-state index in [1.54, 1.807) is 0 Å². The van der Waals surface area contributed by atoms with Crippen molar-refractivity contribution in [3.8, 4) is 0 Å². The molecule has 0 bridgehead atoms. The second-order valence-corrected chi connectivity index (χ2v) is 7.35. The number of carbonyl (C=O) groups is 1. The van der Waals surface area contributed by atoms with Crippen molar-refractivity contribution in [2.24, 2.45) is 0 Å². The number of nitrogens with one attached hydrogen (secondary N) is 1. The zero-order chi connectivity index (χ0) is 16.4. The fraction of sp³-hybridized carbons (Fsp3) is 0.412. The van der Waals surface area contributed by atoms with Crippen molar-refractivity contribution < 1.29 is 4.79 Å². The monoisotopic (exact) mass is 330 g/mol. The van der Waals surface area contributed by atoms with Gasteiger partial charge in [0.1, 0.15) is 0 Å². The number of thioether (sulfide) groups is 1. The average molecular weight is 330 g/mol. The quantitative estimate of drug-likeness (QED) is 0.825. The minimum Gasteiger partial charge on any atom is -0.378 e. The molecule has 1 aromatic heterocycles. The molecule has 0 saturated heterocycles. The Morgan fingerprint density at radius 3 is 2.65 bits per heavy atom. The van der Waals surface area contributed by atoms with Crippen molar-refractivity contribution in [2.75, 3.05) is 24.3 Å². The van der Waals surface area contributed by atoms with Gasteiger partial charge in [-0.2, -0.15) is 0 Å². The lowest BCUT2D eigenvalue weighted by Gasteiger charge is -2.15. The summed E-state index contributed by atoms with van der Waals surface area (Å²) in [6.07, 6.45) is 6.24. The van der Waals surface area contributed by atoms with Crippen LogP contribution in [0.1, 0.15) is 25.8 Å². The Hall–Kier alpha value is -1.95. The van der Waals surface area contributed by atoms with Crippen LogP contribution in [-0.4, -0.2) is 34.8 Å². The lowest BCUT2D eigenvalue weighted by atomic mass is 10.2. The van der Waals surface area contributed by atoms with Gasteiger partial charge in [0, 0.05) is 43.9 Å². The van der Waals surface area contributed by atoms with Crippen LogP contribution >= 0.6 is 11.8 Å². The van der Waals surface area contributed by atoms with Crippen molar-refractivity contribution in [1.29, 1.82) is 0 Å². The second kappa shape index (κ2) is 6.66. The van der Waals surface area contributed by atoms with Gasteiger partial charge in [0.25, 0.3) is 0 Å². The van der Waals surface area contributed by atoms with Crippen molar-refractivity contribution >= 4 is 29.0 Å². The van der Waals surface area contributed by atoms with Crippen LogP contribution in [0.15, 0.2) is 41.8 Å². The summed E-state index contributed by atoms with van der Waals surface area (Å²) >= 11 is 1.51. The highest BCUT2D eigenvalue weighted by molar-refractivity contribution is 8.00. The molecule has 6 heteroatoms. The molecule has 23 heavy (non-hydrogen) atoms. The molecule has 1 saturated carbocycles. The molecule has 1 aliphatic rings. The topological polar surface area (TPSA) is 50.2 Å². The van der Waals surface area contributed by atoms with Gasteiger partial charge in [0.2, 0.25) is 5.91 Å². The maximum atomic E-state index is 12.4. The van der Waals surface area contributed by atoms with Crippen molar-refractivity contribution in [2.45, 2.75) is 36.2 Å². The molecular weight excluding hydrogens is 308 g/mol. The normalized spacial score (nSPS) is 15.3.